The molecular weight excluding hydrogens is 282 g/mol. The van der Waals surface area contributed by atoms with E-state index in [2.05, 4.69) is 4.98 Å². The fraction of sp³-hybridized carbons (Fsp3) is 0.167. The van der Waals surface area contributed by atoms with Crippen LogP contribution in [0.25, 0.3) is 10.9 Å². The number of aromatic nitrogens is 1. The van der Waals surface area contributed by atoms with Gasteiger partial charge < -0.3 is 5.11 Å². The largest absolute Gasteiger partial charge is 0.386 e. The number of fused-ring (bicyclic) bond motifs is 1. The molecule has 1 heterocycles. The molecule has 3 rings (SSSR count). The summed E-state index contributed by atoms with van der Waals surface area (Å²) >= 11 is 5.98. The summed E-state index contributed by atoms with van der Waals surface area (Å²) in [4.78, 5) is 4.57. The maximum absolute atomic E-state index is 10.4. The molecule has 0 saturated heterocycles. The lowest BCUT2D eigenvalue weighted by Gasteiger charge is -2.13. The quantitative estimate of drug-likeness (QED) is 0.773. The van der Waals surface area contributed by atoms with Gasteiger partial charge in [-0.1, -0.05) is 41.9 Å². The number of hydrogen-bond acceptors (Lipinski definition) is 2. The van der Waals surface area contributed by atoms with Gasteiger partial charge >= 0.3 is 0 Å². The third kappa shape index (κ3) is 3.07. The molecule has 0 fully saturated rings. The Morgan fingerprint density at radius 1 is 1.10 bits per heavy atom. The van der Waals surface area contributed by atoms with E-state index < -0.39 is 6.10 Å². The van der Waals surface area contributed by atoms with Crippen molar-refractivity contribution in [2.75, 3.05) is 0 Å². The van der Waals surface area contributed by atoms with Crippen LogP contribution in [0.3, 0.4) is 0 Å². The second-order valence-electron chi connectivity index (χ2n) is 5.23. The molecule has 0 amide bonds. The van der Waals surface area contributed by atoms with Gasteiger partial charge in [-0.25, -0.2) is 0 Å². The molecule has 0 spiro atoms. The molecule has 0 aliphatic heterocycles. The summed E-state index contributed by atoms with van der Waals surface area (Å²) in [7, 11) is 0. The van der Waals surface area contributed by atoms with Crippen LogP contribution in [0, 0.1) is 6.92 Å². The van der Waals surface area contributed by atoms with Crippen LogP contribution < -0.4 is 0 Å². The van der Waals surface area contributed by atoms with Gasteiger partial charge in [0.1, 0.15) is 0 Å². The van der Waals surface area contributed by atoms with E-state index >= 15 is 0 Å². The molecule has 1 aromatic heterocycles. The molecule has 0 bridgehead atoms. The van der Waals surface area contributed by atoms with Gasteiger partial charge in [-0.05, 0) is 42.3 Å². The van der Waals surface area contributed by atoms with Crippen LogP contribution >= 0.6 is 11.6 Å². The average molecular weight is 298 g/mol. The Balaban J connectivity index is 1.92. The highest BCUT2D eigenvalue weighted by Crippen LogP contribution is 2.24. The molecule has 3 aromatic rings. The van der Waals surface area contributed by atoms with Crippen LogP contribution in [0.5, 0.6) is 0 Å². The van der Waals surface area contributed by atoms with Gasteiger partial charge in [-0.2, -0.15) is 0 Å². The van der Waals surface area contributed by atoms with Crippen molar-refractivity contribution >= 4 is 22.5 Å². The molecule has 1 N–H and O–H groups in total. The number of rotatable bonds is 3. The standard InChI is InChI=1S/C18H16ClNO/c1-12-9-17(20-16-8-3-2-7-15(12)16)18(21)11-13-5-4-6-14(19)10-13/h2-10,18,21H,11H2,1H3. The highest BCUT2D eigenvalue weighted by Gasteiger charge is 2.12. The molecule has 2 aromatic carbocycles. The van der Waals surface area contributed by atoms with Crippen molar-refractivity contribution in [2.24, 2.45) is 0 Å². The Hall–Kier alpha value is -1.90. The van der Waals surface area contributed by atoms with Gasteiger partial charge in [0.2, 0.25) is 0 Å². The van der Waals surface area contributed by atoms with Gasteiger partial charge in [0.15, 0.2) is 0 Å². The Morgan fingerprint density at radius 2 is 1.90 bits per heavy atom. The van der Waals surface area contributed by atoms with E-state index in [1.807, 2.05) is 61.5 Å². The predicted molar refractivity (Wildman–Crippen MR) is 86.6 cm³/mol. The highest BCUT2D eigenvalue weighted by molar-refractivity contribution is 6.30. The number of hydrogen-bond donors (Lipinski definition) is 1. The maximum Gasteiger partial charge on any atom is 0.1000 e. The first-order valence-corrected chi connectivity index (χ1v) is 7.30. The number of aryl methyl sites for hydroxylation is 1. The van der Waals surface area contributed by atoms with Crippen LogP contribution in [0.4, 0.5) is 0 Å². The van der Waals surface area contributed by atoms with Crippen molar-refractivity contribution in [1.29, 1.82) is 0 Å². The van der Waals surface area contributed by atoms with Crippen molar-refractivity contribution in [1.82, 2.24) is 4.98 Å². The molecule has 0 aliphatic rings. The van der Waals surface area contributed by atoms with Crippen LogP contribution in [0.15, 0.2) is 54.6 Å². The monoisotopic (exact) mass is 297 g/mol. The van der Waals surface area contributed by atoms with Crippen molar-refractivity contribution < 1.29 is 5.11 Å². The number of aliphatic hydroxyl groups excluding tert-OH is 1. The highest BCUT2D eigenvalue weighted by atomic mass is 35.5. The normalized spacial score (nSPS) is 12.5. The molecule has 106 valence electrons. The zero-order valence-electron chi connectivity index (χ0n) is 11.8. The SMILES string of the molecule is Cc1cc(C(O)Cc2cccc(Cl)c2)nc2ccccc12. The number of pyridine rings is 1. The lowest BCUT2D eigenvalue weighted by Crippen LogP contribution is -2.05. The van der Waals surface area contributed by atoms with Gasteiger partial charge in [-0.3, -0.25) is 4.98 Å². The molecule has 0 aliphatic carbocycles. The van der Waals surface area contributed by atoms with Crippen LogP contribution in [0.1, 0.15) is 22.9 Å². The zero-order chi connectivity index (χ0) is 14.8. The minimum atomic E-state index is -0.633. The minimum Gasteiger partial charge on any atom is -0.386 e. The van der Waals surface area contributed by atoms with E-state index in [0.717, 1.165) is 22.0 Å². The molecular formula is C18H16ClNO. The second-order valence-corrected chi connectivity index (χ2v) is 5.67. The smallest absolute Gasteiger partial charge is 0.1000 e. The Labute approximate surface area is 129 Å². The Bertz CT molecular complexity index is 785. The minimum absolute atomic E-state index is 0.505. The first-order valence-electron chi connectivity index (χ1n) is 6.92. The molecule has 1 unspecified atom stereocenters. The van der Waals surface area contributed by atoms with Crippen molar-refractivity contribution in [2.45, 2.75) is 19.4 Å². The Kier molecular flexibility index (Phi) is 3.91. The van der Waals surface area contributed by atoms with E-state index in [-0.39, 0.29) is 0 Å². The van der Waals surface area contributed by atoms with E-state index in [4.69, 9.17) is 11.6 Å². The number of para-hydroxylation sites is 1. The summed E-state index contributed by atoms with van der Waals surface area (Å²) in [6.45, 7) is 2.04. The number of aliphatic hydroxyl groups is 1. The summed E-state index contributed by atoms with van der Waals surface area (Å²) < 4.78 is 0. The first kappa shape index (κ1) is 14.1. The van der Waals surface area contributed by atoms with Gasteiger partial charge in [0.05, 0.1) is 17.3 Å². The molecule has 3 heteroatoms. The van der Waals surface area contributed by atoms with Crippen LogP contribution in [-0.2, 0) is 6.42 Å². The van der Waals surface area contributed by atoms with E-state index in [1.165, 1.54) is 0 Å². The topological polar surface area (TPSA) is 33.1 Å². The summed E-state index contributed by atoms with van der Waals surface area (Å²) in [6.07, 6.45) is -0.127. The molecule has 0 saturated carbocycles. The lowest BCUT2D eigenvalue weighted by molar-refractivity contribution is 0.174. The van der Waals surface area contributed by atoms with Crippen LogP contribution in [-0.4, -0.2) is 10.1 Å². The molecule has 0 radical (unpaired) electrons. The maximum atomic E-state index is 10.4. The third-order valence-corrected chi connectivity index (χ3v) is 3.84. The number of nitrogens with zero attached hydrogens (tertiary/aromatic N) is 1. The number of halogens is 1. The van der Waals surface area contributed by atoms with Crippen molar-refractivity contribution in [3.05, 3.63) is 76.4 Å². The summed E-state index contributed by atoms with van der Waals surface area (Å²) in [6, 6.07) is 17.5. The fourth-order valence-electron chi connectivity index (χ4n) is 2.54. The molecule has 1 atom stereocenters. The van der Waals surface area contributed by atoms with E-state index in [0.29, 0.717) is 17.1 Å². The Morgan fingerprint density at radius 3 is 2.71 bits per heavy atom. The summed E-state index contributed by atoms with van der Waals surface area (Å²) in [5.41, 5.74) is 3.74. The summed E-state index contributed by atoms with van der Waals surface area (Å²) in [5.74, 6) is 0. The van der Waals surface area contributed by atoms with Gasteiger partial charge in [0, 0.05) is 16.8 Å². The van der Waals surface area contributed by atoms with Crippen molar-refractivity contribution in [3.8, 4) is 0 Å². The second kappa shape index (κ2) is 5.84. The first-order chi connectivity index (χ1) is 10.1. The number of benzene rings is 2. The average Bonchev–Trinajstić information content (AvgIpc) is 2.47. The molecule has 21 heavy (non-hydrogen) atoms. The summed E-state index contributed by atoms with van der Waals surface area (Å²) in [5, 5.41) is 12.2. The predicted octanol–water partition coefficient (Wildman–Crippen LogP) is 4.47. The van der Waals surface area contributed by atoms with E-state index in [9.17, 15) is 5.11 Å². The fourth-order valence-corrected chi connectivity index (χ4v) is 2.75. The van der Waals surface area contributed by atoms with Gasteiger partial charge in [-0.15, -0.1) is 0 Å². The van der Waals surface area contributed by atoms with Gasteiger partial charge in [0.25, 0.3) is 0 Å². The molecule has 2 nitrogen and oxygen atoms in total. The van der Waals surface area contributed by atoms with Crippen molar-refractivity contribution in [3.63, 3.8) is 0 Å². The van der Waals surface area contributed by atoms with Crippen LogP contribution in [0.2, 0.25) is 5.02 Å². The third-order valence-electron chi connectivity index (χ3n) is 3.60. The lowest BCUT2D eigenvalue weighted by atomic mass is 10.0. The van der Waals surface area contributed by atoms with E-state index in [1.54, 1.807) is 0 Å². The zero-order valence-corrected chi connectivity index (χ0v) is 12.5.